The summed E-state index contributed by atoms with van der Waals surface area (Å²) in [5.41, 5.74) is 3.34. The van der Waals surface area contributed by atoms with E-state index in [2.05, 4.69) is 22.6 Å². The summed E-state index contributed by atoms with van der Waals surface area (Å²) >= 11 is 0. The topological polar surface area (TPSA) is 70.4 Å². The number of furan rings is 1. The predicted molar refractivity (Wildman–Crippen MR) is 106 cm³/mol. The van der Waals surface area contributed by atoms with E-state index in [1.807, 2.05) is 36.4 Å². The number of aromatic nitrogens is 1. The number of fused-ring (bicyclic) bond motifs is 1. The van der Waals surface area contributed by atoms with Crippen molar-refractivity contribution in [3.05, 3.63) is 72.1 Å². The molecule has 0 aliphatic carbocycles. The molecule has 2 aromatic heterocycles. The number of benzene rings is 2. The van der Waals surface area contributed by atoms with Gasteiger partial charge in [0, 0.05) is 22.7 Å². The van der Waals surface area contributed by atoms with Crippen molar-refractivity contribution in [2.24, 2.45) is 0 Å². The fourth-order valence-corrected chi connectivity index (χ4v) is 3.18. The maximum atomic E-state index is 9.38. The first-order chi connectivity index (χ1) is 13.2. The Bertz CT molecular complexity index is 1030. The Balaban J connectivity index is 1.34. The quantitative estimate of drug-likeness (QED) is 0.424. The maximum Gasteiger partial charge on any atom is 0.134 e. The zero-order valence-electron chi connectivity index (χ0n) is 15.2. The third-order valence-electron chi connectivity index (χ3n) is 4.66. The molecule has 0 radical (unpaired) electrons. The molecule has 0 fully saturated rings. The van der Waals surface area contributed by atoms with Gasteiger partial charge in [-0.25, -0.2) is 0 Å². The summed E-state index contributed by atoms with van der Waals surface area (Å²) in [5, 5.41) is 14.0. The van der Waals surface area contributed by atoms with Gasteiger partial charge in [0.25, 0.3) is 0 Å². The molecule has 0 aliphatic heterocycles. The molecule has 0 bridgehead atoms. The molecule has 2 aromatic carbocycles. The second-order valence-corrected chi connectivity index (χ2v) is 6.47. The van der Waals surface area contributed by atoms with Gasteiger partial charge in [-0.05, 0) is 73.1 Å². The molecular weight excluding hydrogens is 340 g/mol. The molecule has 0 spiro atoms. The highest BCUT2D eigenvalue weighted by Crippen LogP contribution is 2.25. The molecule has 3 N–H and O–H groups in total. The molecular formula is C22H22N2O3. The van der Waals surface area contributed by atoms with Crippen LogP contribution in [0.25, 0.3) is 22.2 Å². The lowest BCUT2D eigenvalue weighted by molar-refractivity contribution is 0.415. The average molecular weight is 362 g/mol. The number of aromatic amines is 1. The predicted octanol–water partition coefficient (Wildman–Crippen LogP) is 4.47. The fraction of sp³-hybridized carbons (Fsp3) is 0.182. The smallest absolute Gasteiger partial charge is 0.134 e. The summed E-state index contributed by atoms with van der Waals surface area (Å²) in [6, 6.07) is 17.0. The number of methoxy groups -OCH3 is 1. The Morgan fingerprint density at radius 1 is 1.07 bits per heavy atom. The van der Waals surface area contributed by atoms with Crippen molar-refractivity contribution in [2.45, 2.75) is 13.0 Å². The van der Waals surface area contributed by atoms with Crippen LogP contribution in [0.2, 0.25) is 0 Å². The third kappa shape index (κ3) is 3.83. The maximum absolute atomic E-state index is 9.38. The minimum absolute atomic E-state index is 0.252. The van der Waals surface area contributed by atoms with Gasteiger partial charge in [0.2, 0.25) is 0 Å². The van der Waals surface area contributed by atoms with E-state index in [-0.39, 0.29) is 5.75 Å². The van der Waals surface area contributed by atoms with Crippen LogP contribution in [0.1, 0.15) is 11.3 Å². The number of phenolic OH excluding ortho intramolecular Hbond substituents is 1. The van der Waals surface area contributed by atoms with E-state index >= 15 is 0 Å². The highest BCUT2D eigenvalue weighted by molar-refractivity contribution is 5.84. The van der Waals surface area contributed by atoms with Gasteiger partial charge in [0.15, 0.2) is 0 Å². The molecule has 5 nitrogen and oxygen atoms in total. The van der Waals surface area contributed by atoms with E-state index in [1.165, 1.54) is 10.9 Å². The Labute approximate surface area is 157 Å². The molecule has 0 unspecified atom stereocenters. The van der Waals surface area contributed by atoms with Gasteiger partial charge in [-0.2, -0.15) is 0 Å². The number of hydrogen-bond donors (Lipinski definition) is 3. The number of hydrogen-bond acceptors (Lipinski definition) is 4. The lowest BCUT2D eigenvalue weighted by atomic mass is 10.1. The number of aromatic hydroxyl groups is 1. The van der Waals surface area contributed by atoms with Crippen LogP contribution in [0, 0.1) is 0 Å². The second-order valence-electron chi connectivity index (χ2n) is 6.47. The van der Waals surface area contributed by atoms with E-state index < -0.39 is 0 Å². The zero-order chi connectivity index (χ0) is 18.6. The molecule has 4 rings (SSSR count). The van der Waals surface area contributed by atoms with Crippen molar-refractivity contribution in [2.75, 3.05) is 13.7 Å². The first kappa shape index (κ1) is 17.2. The van der Waals surface area contributed by atoms with Crippen LogP contribution in [0.4, 0.5) is 0 Å². The van der Waals surface area contributed by atoms with Gasteiger partial charge in [-0.15, -0.1) is 0 Å². The summed E-state index contributed by atoms with van der Waals surface area (Å²) in [6.45, 7) is 1.52. The lowest BCUT2D eigenvalue weighted by Crippen LogP contribution is -2.16. The van der Waals surface area contributed by atoms with E-state index in [9.17, 15) is 5.11 Å². The van der Waals surface area contributed by atoms with Gasteiger partial charge in [0.05, 0.1) is 13.7 Å². The highest BCUT2D eigenvalue weighted by atomic mass is 16.5. The molecule has 0 atom stereocenters. The summed E-state index contributed by atoms with van der Waals surface area (Å²) < 4.78 is 11.2. The van der Waals surface area contributed by atoms with E-state index in [4.69, 9.17) is 9.15 Å². The van der Waals surface area contributed by atoms with Crippen LogP contribution in [0.15, 0.2) is 65.2 Å². The standard InChI is InChI=1S/C22H22N2O3/c1-26-18-6-8-21-20(12-18)16(13-24-21)10-11-23-14-19-7-9-22(27-19)15-2-4-17(25)5-3-15/h2-9,12-13,23-25H,10-11,14H2,1H3. The molecule has 27 heavy (non-hydrogen) atoms. The normalized spacial score (nSPS) is 11.1. The van der Waals surface area contributed by atoms with Crippen LogP contribution in [-0.2, 0) is 13.0 Å². The van der Waals surface area contributed by atoms with Crippen LogP contribution >= 0.6 is 0 Å². The summed E-state index contributed by atoms with van der Waals surface area (Å²) in [6.07, 6.45) is 2.97. The monoisotopic (exact) mass is 362 g/mol. The summed E-state index contributed by atoms with van der Waals surface area (Å²) in [7, 11) is 1.69. The Morgan fingerprint density at radius 3 is 2.74 bits per heavy atom. The van der Waals surface area contributed by atoms with Gasteiger partial charge >= 0.3 is 0 Å². The van der Waals surface area contributed by atoms with Crippen LogP contribution < -0.4 is 10.1 Å². The minimum Gasteiger partial charge on any atom is -0.508 e. The SMILES string of the molecule is COc1ccc2[nH]cc(CCNCc3ccc(-c4ccc(O)cc4)o3)c2c1. The molecule has 0 amide bonds. The van der Waals surface area contributed by atoms with Crippen molar-refractivity contribution in [3.8, 4) is 22.8 Å². The number of nitrogens with one attached hydrogen (secondary N) is 2. The number of ether oxygens (including phenoxy) is 1. The third-order valence-corrected chi connectivity index (χ3v) is 4.66. The van der Waals surface area contributed by atoms with Crippen molar-refractivity contribution >= 4 is 10.9 Å². The minimum atomic E-state index is 0.252. The first-order valence-electron chi connectivity index (χ1n) is 8.96. The molecule has 138 valence electrons. The number of H-pyrrole nitrogens is 1. The second kappa shape index (κ2) is 7.60. The Morgan fingerprint density at radius 2 is 1.93 bits per heavy atom. The summed E-state index contributed by atoms with van der Waals surface area (Å²) in [5.74, 6) is 2.81. The molecule has 0 saturated carbocycles. The average Bonchev–Trinajstić information content (AvgIpc) is 3.32. The summed E-state index contributed by atoms with van der Waals surface area (Å²) in [4.78, 5) is 3.30. The van der Waals surface area contributed by atoms with E-state index in [0.717, 1.165) is 41.3 Å². The van der Waals surface area contributed by atoms with Crippen molar-refractivity contribution < 1.29 is 14.3 Å². The van der Waals surface area contributed by atoms with Crippen molar-refractivity contribution in [1.82, 2.24) is 10.3 Å². The van der Waals surface area contributed by atoms with Gasteiger partial charge in [-0.1, -0.05) is 0 Å². The molecule has 2 heterocycles. The first-order valence-corrected chi connectivity index (χ1v) is 8.96. The van der Waals surface area contributed by atoms with E-state index in [0.29, 0.717) is 6.54 Å². The number of rotatable bonds is 7. The molecule has 5 heteroatoms. The van der Waals surface area contributed by atoms with E-state index in [1.54, 1.807) is 19.2 Å². The van der Waals surface area contributed by atoms with Gasteiger partial charge in [-0.3, -0.25) is 0 Å². The van der Waals surface area contributed by atoms with Crippen molar-refractivity contribution in [3.63, 3.8) is 0 Å². The van der Waals surface area contributed by atoms with Gasteiger partial charge < -0.3 is 24.6 Å². The van der Waals surface area contributed by atoms with Crippen molar-refractivity contribution in [1.29, 1.82) is 0 Å². The zero-order valence-corrected chi connectivity index (χ0v) is 15.2. The van der Waals surface area contributed by atoms with Crippen LogP contribution in [-0.4, -0.2) is 23.7 Å². The van der Waals surface area contributed by atoms with Gasteiger partial charge in [0.1, 0.15) is 23.0 Å². The fourth-order valence-electron chi connectivity index (χ4n) is 3.18. The van der Waals surface area contributed by atoms with Crippen LogP contribution in [0.3, 0.4) is 0 Å². The Hall–Kier alpha value is -3.18. The molecule has 4 aromatic rings. The number of phenols is 1. The largest absolute Gasteiger partial charge is 0.508 e. The Kier molecular flexibility index (Phi) is 4.85. The highest BCUT2D eigenvalue weighted by Gasteiger charge is 2.07. The molecule has 0 saturated heterocycles. The van der Waals surface area contributed by atoms with Crippen LogP contribution in [0.5, 0.6) is 11.5 Å². The molecule has 0 aliphatic rings. The lowest BCUT2D eigenvalue weighted by Gasteiger charge is -2.04.